The van der Waals surface area contributed by atoms with Crippen molar-refractivity contribution >= 4 is 11.7 Å². The second-order valence-corrected chi connectivity index (χ2v) is 11.0. The Hall–Kier alpha value is -2.98. The van der Waals surface area contributed by atoms with Crippen LogP contribution in [0.3, 0.4) is 0 Å². The molecule has 186 valence electrons. The van der Waals surface area contributed by atoms with Crippen LogP contribution in [-0.4, -0.2) is 52.1 Å². The predicted molar refractivity (Wildman–Crippen MR) is 136 cm³/mol. The average molecular weight is 476 g/mol. The highest BCUT2D eigenvalue weighted by Gasteiger charge is 2.37. The lowest BCUT2D eigenvalue weighted by atomic mass is 9.86. The molecular formula is C28H37N5O2. The summed E-state index contributed by atoms with van der Waals surface area (Å²) in [5.74, 6) is 1.38. The standard InChI is InChI=1S/C28H37N5O2/c1-18(2)24-16-32(10-11-33(24)25(34)12-20-8-7-9-30-15-20)27-22(14-29)21-13-28(5,6)35-17-23(21)26(31-27)19(3)4/h7-9,15,18-19,24H,10-13,16-17H2,1-6H3. The molecule has 1 amide bonds. The average Bonchev–Trinajstić information content (AvgIpc) is 2.82. The summed E-state index contributed by atoms with van der Waals surface area (Å²) >= 11 is 0. The number of ether oxygens (including phenoxy) is 1. The fourth-order valence-corrected chi connectivity index (χ4v) is 5.26. The molecule has 4 rings (SSSR count). The van der Waals surface area contributed by atoms with Crippen molar-refractivity contribution in [1.82, 2.24) is 14.9 Å². The Kier molecular flexibility index (Phi) is 7.14. The number of hydrogen-bond acceptors (Lipinski definition) is 6. The van der Waals surface area contributed by atoms with E-state index in [4.69, 9.17) is 9.72 Å². The molecule has 7 nitrogen and oxygen atoms in total. The summed E-state index contributed by atoms with van der Waals surface area (Å²) < 4.78 is 6.09. The molecule has 0 bridgehead atoms. The number of carbonyl (C=O) groups excluding carboxylic acids is 1. The zero-order chi connectivity index (χ0) is 25.3. The highest BCUT2D eigenvalue weighted by Crippen LogP contribution is 2.38. The number of carbonyl (C=O) groups is 1. The molecule has 0 saturated carbocycles. The Labute approximate surface area is 209 Å². The smallest absolute Gasteiger partial charge is 0.227 e. The third-order valence-corrected chi connectivity index (χ3v) is 7.18. The Morgan fingerprint density at radius 1 is 1.26 bits per heavy atom. The van der Waals surface area contributed by atoms with Gasteiger partial charge in [-0.3, -0.25) is 9.78 Å². The third-order valence-electron chi connectivity index (χ3n) is 7.18. The first-order valence-electron chi connectivity index (χ1n) is 12.6. The monoisotopic (exact) mass is 475 g/mol. The van der Waals surface area contributed by atoms with Crippen LogP contribution in [0, 0.1) is 17.2 Å². The molecule has 0 radical (unpaired) electrons. The van der Waals surface area contributed by atoms with Crippen molar-refractivity contribution in [3.63, 3.8) is 0 Å². The molecule has 1 saturated heterocycles. The minimum absolute atomic E-state index is 0.0413. The molecule has 7 heteroatoms. The number of amides is 1. The van der Waals surface area contributed by atoms with E-state index in [1.807, 2.05) is 17.0 Å². The fourth-order valence-electron chi connectivity index (χ4n) is 5.26. The van der Waals surface area contributed by atoms with Crippen molar-refractivity contribution in [2.45, 2.75) is 78.6 Å². The zero-order valence-corrected chi connectivity index (χ0v) is 21.8. The first-order valence-corrected chi connectivity index (χ1v) is 12.6. The van der Waals surface area contributed by atoms with E-state index in [2.05, 4.69) is 57.5 Å². The molecule has 2 aliphatic heterocycles. The lowest BCUT2D eigenvalue weighted by molar-refractivity contribution is -0.134. The first kappa shape index (κ1) is 25.1. The van der Waals surface area contributed by atoms with Crippen molar-refractivity contribution in [2.75, 3.05) is 24.5 Å². The molecule has 2 aromatic rings. The number of nitrogens with zero attached hydrogens (tertiary/aromatic N) is 5. The molecule has 0 aromatic carbocycles. The summed E-state index contributed by atoms with van der Waals surface area (Å²) in [4.78, 5) is 26.7. The number of fused-ring (bicyclic) bond motifs is 1. The molecule has 4 heterocycles. The minimum atomic E-state index is -0.316. The molecule has 35 heavy (non-hydrogen) atoms. The molecule has 1 unspecified atom stereocenters. The van der Waals surface area contributed by atoms with Crippen LogP contribution in [-0.2, 0) is 29.0 Å². The summed E-state index contributed by atoms with van der Waals surface area (Å²) in [6.07, 6.45) is 4.52. The maximum absolute atomic E-state index is 13.3. The van der Waals surface area contributed by atoms with Gasteiger partial charge in [-0.05, 0) is 42.9 Å². The largest absolute Gasteiger partial charge is 0.370 e. The highest BCUT2D eigenvalue weighted by molar-refractivity contribution is 5.79. The Bertz CT molecular complexity index is 1120. The van der Waals surface area contributed by atoms with Crippen molar-refractivity contribution in [2.24, 2.45) is 5.92 Å². The van der Waals surface area contributed by atoms with Crippen LogP contribution in [0.1, 0.15) is 75.4 Å². The number of pyridine rings is 2. The number of nitriles is 1. The van der Waals surface area contributed by atoms with Gasteiger partial charge in [0.2, 0.25) is 5.91 Å². The lowest BCUT2D eigenvalue weighted by Gasteiger charge is -2.44. The SMILES string of the molecule is CC(C)c1nc(N2CCN(C(=O)Cc3cccnc3)C(C(C)C)C2)c(C#N)c2c1COC(C)(C)C2. The Balaban J connectivity index is 1.66. The van der Waals surface area contributed by atoms with Gasteiger partial charge in [-0.1, -0.05) is 33.8 Å². The summed E-state index contributed by atoms with van der Waals surface area (Å²) in [6, 6.07) is 6.34. The highest BCUT2D eigenvalue weighted by atomic mass is 16.5. The van der Waals surface area contributed by atoms with Crippen LogP contribution in [0.2, 0.25) is 0 Å². The quantitative estimate of drug-likeness (QED) is 0.643. The molecule has 0 N–H and O–H groups in total. The lowest BCUT2D eigenvalue weighted by Crippen LogP contribution is -2.58. The maximum atomic E-state index is 13.3. The van der Waals surface area contributed by atoms with Gasteiger partial charge in [-0.15, -0.1) is 0 Å². The van der Waals surface area contributed by atoms with E-state index < -0.39 is 0 Å². The number of anilines is 1. The summed E-state index contributed by atoms with van der Waals surface area (Å²) in [5.41, 5.74) is 4.44. The van der Waals surface area contributed by atoms with Crippen LogP contribution in [0.5, 0.6) is 0 Å². The normalized spacial score (nSPS) is 19.6. The van der Waals surface area contributed by atoms with Crippen molar-refractivity contribution in [3.8, 4) is 6.07 Å². The van der Waals surface area contributed by atoms with Crippen molar-refractivity contribution in [3.05, 3.63) is 52.5 Å². The second kappa shape index (κ2) is 9.94. The topological polar surface area (TPSA) is 82.4 Å². The molecule has 2 aromatic heterocycles. The van der Waals surface area contributed by atoms with Crippen LogP contribution in [0.15, 0.2) is 24.5 Å². The molecular weight excluding hydrogens is 438 g/mol. The van der Waals surface area contributed by atoms with E-state index in [-0.39, 0.29) is 29.4 Å². The summed E-state index contributed by atoms with van der Waals surface area (Å²) in [6.45, 7) is 15.2. The number of hydrogen-bond donors (Lipinski definition) is 0. The van der Waals surface area contributed by atoms with Crippen LogP contribution < -0.4 is 4.90 Å². The van der Waals surface area contributed by atoms with Gasteiger partial charge in [0.1, 0.15) is 11.9 Å². The minimum Gasteiger partial charge on any atom is -0.370 e. The number of rotatable bonds is 5. The van der Waals surface area contributed by atoms with Crippen molar-refractivity contribution in [1.29, 1.82) is 5.26 Å². The Morgan fingerprint density at radius 2 is 2.03 bits per heavy atom. The van der Waals surface area contributed by atoms with E-state index in [0.29, 0.717) is 44.6 Å². The van der Waals surface area contributed by atoms with Crippen molar-refractivity contribution < 1.29 is 9.53 Å². The fraction of sp³-hybridized carbons (Fsp3) is 0.571. The van der Waals surface area contributed by atoms with Crippen LogP contribution in [0.4, 0.5) is 5.82 Å². The van der Waals surface area contributed by atoms with Gasteiger partial charge in [0.05, 0.1) is 35.9 Å². The third kappa shape index (κ3) is 5.18. The van der Waals surface area contributed by atoms with Gasteiger partial charge >= 0.3 is 0 Å². The van der Waals surface area contributed by atoms with Gasteiger partial charge in [-0.25, -0.2) is 4.98 Å². The number of piperazine rings is 1. The van der Waals surface area contributed by atoms with Gasteiger partial charge in [0.15, 0.2) is 0 Å². The maximum Gasteiger partial charge on any atom is 0.227 e. The second-order valence-electron chi connectivity index (χ2n) is 11.0. The first-order chi connectivity index (χ1) is 16.6. The van der Waals surface area contributed by atoms with E-state index in [1.54, 1.807) is 12.4 Å². The van der Waals surface area contributed by atoms with E-state index in [9.17, 15) is 10.1 Å². The molecule has 1 fully saturated rings. The van der Waals surface area contributed by atoms with Gasteiger partial charge in [0.25, 0.3) is 0 Å². The van der Waals surface area contributed by atoms with Crippen LogP contribution >= 0.6 is 0 Å². The van der Waals surface area contributed by atoms with Gasteiger partial charge in [0, 0.05) is 44.0 Å². The van der Waals surface area contributed by atoms with E-state index >= 15 is 0 Å². The summed E-state index contributed by atoms with van der Waals surface area (Å²) in [5, 5.41) is 10.3. The van der Waals surface area contributed by atoms with E-state index in [1.165, 1.54) is 0 Å². The molecule has 1 atom stereocenters. The molecule has 0 spiro atoms. The zero-order valence-electron chi connectivity index (χ0n) is 21.8. The Morgan fingerprint density at radius 3 is 2.66 bits per heavy atom. The summed E-state index contributed by atoms with van der Waals surface area (Å²) in [7, 11) is 0. The van der Waals surface area contributed by atoms with Gasteiger partial charge < -0.3 is 14.5 Å². The number of aromatic nitrogens is 2. The predicted octanol–water partition coefficient (Wildman–Crippen LogP) is 4.24. The van der Waals surface area contributed by atoms with Gasteiger partial charge in [-0.2, -0.15) is 5.26 Å². The molecule has 2 aliphatic rings. The molecule has 0 aliphatic carbocycles. The van der Waals surface area contributed by atoms with Crippen LogP contribution in [0.25, 0.3) is 0 Å². The van der Waals surface area contributed by atoms with E-state index in [0.717, 1.165) is 28.2 Å².